The van der Waals surface area contributed by atoms with Gasteiger partial charge in [-0.05, 0) is 61.7 Å². The summed E-state index contributed by atoms with van der Waals surface area (Å²) in [5.41, 5.74) is 5.60. The standard InChI is InChI=1S/C16H16S3/c1-9-5-13(11(3)18-9)15-7-17-8-16(15)14-6-10(2)19-12(14)4/h5-8H,1-4H3. The van der Waals surface area contributed by atoms with Crippen LogP contribution >= 0.6 is 34.0 Å². The van der Waals surface area contributed by atoms with E-state index in [4.69, 9.17) is 0 Å². The van der Waals surface area contributed by atoms with E-state index in [0.29, 0.717) is 0 Å². The molecule has 19 heavy (non-hydrogen) atoms. The lowest BCUT2D eigenvalue weighted by Crippen LogP contribution is -1.79. The fourth-order valence-corrected chi connectivity index (χ4v) is 5.24. The lowest BCUT2D eigenvalue weighted by Gasteiger charge is -2.03. The third-order valence-corrected chi connectivity index (χ3v) is 6.00. The zero-order valence-corrected chi connectivity index (χ0v) is 14.0. The van der Waals surface area contributed by atoms with Crippen LogP contribution in [0.2, 0.25) is 0 Å². The average Bonchev–Trinajstić information content (AvgIpc) is 2.98. The Bertz CT molecular complexity index is 664. The average molecular weight is 305 g/mol. The second kappa shape index (κ2) is 4.89. The van der Waals surface area contributed by atoms with Gasteiger partial charge in [0, 0.05) is 30.6 Å². The molecule has 0 saturated carbocycles. The van der Waals surface area contributed by atoms with Gasteiger partial charge >= 0.3 is 0 Å². The van der Waals surface area contributed by atoms with Crippen LogP contribution in [0.4, 0.5) is 0 Å². The highest BCUT2D eigenvalue weighted by molar-refractivity contribution is 7.13. The highest BCUT2D eigenvalue weighted by Gasteiger charge is 2.15. The molecular weight excluding hydrogens is 288 g/mol. The molecule has 3 aromatic heterocycles. The highest BCUT2D eigenvalue weighted by atomic mass is 32.1. The molecule has 0 nitrogen and oxygen atoms in total. The summed E-state index contributed by atoms with van der Waals surface area (Å²) in [6.45, 7) is 8.82. The molecule has 98 valence electrons. The highest BCUT2D eigenvalue weighted by Crippen LogP contribution is 2.42. The predicted molar refractivity (Wildman–Crippen MR) is 89.9 cm³/mol. The molecule has 3 aromatic rings. The smallest absolute Gasteiger partial charge is 0.00959 e. The fourth-order valence-electron chi connectivity index (χ4n) is 2.51. The van der Waals surface area contributed by atoms with Crippen molar-refractivity contribution in [2.45, 2.75) is 27.7 Å². The third-order valence-electron chi connectivity index (χ3n) is 3.32. The Morgan fingerprint density at radius 3 is 1.37 bits per heavy atom. The van der Waals surface area contributed by atoms with Crippen LogP contribution in [0.25, 0.3) is 22.3 Å². The fraction of sp³-hybridized carbons (Fsp3) is 0.250. The van der Waals surface area contributed by atoms with E-state index < -0.39 is 0 Å². The van der Waals surface area contributed by atoms with Crippen LogP contribution in [0.1, 0.15) is 19.5 Å². The van der Waals surface area contributed by atoms with Gasteiger partial charge in [-0.2, -0.15) is 11.3 Å². The summed E-state index contributed by atoms with van der Waals surface area (Å²) in [5, 5.41) is 4.58. The Balaban J connectivity index is 2.18. The van der Waals surface area contributed by atoms with Crippen molar-refractivity contribution in [3.8, 4) is 22.3 Å². The minimum absolute atomic E-state index is 1.39. The van der Waals surface area contributed by atoms with E-state index in [0.717, 1.165) is 0 Å². The third kappa shape index (κ3) is 2.31. The Labute approximate surface area is 126 Å². The summed E-state index contributed by atoms with van der Waals surface area (Å²) < 4.78 is 0. The van der Waals surface area contributed by atoms with E-state index in [1.165, 1.54) is 41.8 Å². The van der Waals surface area contributed by atoms with Crippen LogP contribution in [0, 0.1) is 27.7 Å². The maximum absolute atomic E-state index is 2.32. The van der Waals surface area contributed by atoms with Crippen molar-refractivity contribution in [2.24, 2.45) is 0 Å². The van der Waals surface area contributed by atoms with Gasteiger partial charge in [-0.3, -0.25) is 0 Å². The first-order chi connectivity index (χ1) is 9.06. The predicted octanol–water partition coefficient (Wildman–Crippen LogP) is 6.44. The van der Waals surface area contributed by atoms with Crippen LogP contribution in [0.3, 0.4) is 0 Å². The second-order valence-electron chi connectivity index (χ2n) is 4.85. The van der Waals surface area contributed by atoms with Crippen LogP contribution in [-0.2, 0) is 0 Å². The van der Waals surface area contributed by atoms with Gasteiger partial charge in [0.15, 0.2) is 0 Å². The van der Waals surface area contributed by atoms with Gasteiger partial charge in [-0.15, -0.1) is 22.7 Å². The molecule has 0 saturated heterocycles. The summed E-state index contributed by atoms with van der Waals surface area (Å²) >= 11 is 5.58. The molecule has 0 aliphatic heterocycles. The molecule has 3 heterocycles. The molecule has 0 aliphatic rings. The maximum Gasteiger partial charge on any atom is 0.00959 e. The molecule has 0 spiro atoms. The first kappa shape index (κ1) is 13.1. The minimum atomic E-state index is 1.39. The van der Waals surface area contributed by atoms with E-state index in [1.54, 1.807) is 11.3 Å². The van der Waals surface area contributed by atoms with Gasteiger partial charge in [-0.25, -0.2) is 0 Å². The van der Waals surface area contributed by atoms with E-state index in [2.05, 4.69) is 50.6 Å². The summed E-state index contributed by atoms with van der Waals surface area (Å²) in [4.78, 5) is 5.62. The zero-order chi connectivity index (χ0) is 13.6. The molecule has 0 N–H and O–H groups in total. The molecule has 3 rings (SSSR count). The van der Waals surface area contributed by atoms with Crippen molar-refractivity contribution in [3.05, 3.63) is 42.4 Å². The molecule has 0 aliphatic carbocycles. The van der Waals surface area contributed by atoms with Crippen LogP contribution in [0.5, 0.6) is 0 Å². The molecule has 0 atom stereocenters. The Morgan fingerprint density at radius 1 is 0.632 bits per heavy atom. The molecule has 0 fully saturated rings. The van der Waals surface area contributed by atoms with E-state index in [-0.39, 0.29) is 0 Å². The van der Waals surface area contributed by atoms with E-state index in [1.807, 2.05) is 22.7 Å². The molecular formula is C16H16S3. The van der Waals surface area contributed by atoms with Gasteiger partial charge in [0.1, 0.15) is 0 Å². The first-order valence-corrected chi connectivity index (χ1v) is 8.85. The first-order valence-electron chi connectivity index (χ1n) is 6.27. The minimum Gasteiger partial charge on any atom is -0.151 e. The molecule has 0 radical (unpaired) electrons. The van der Waals surface area contributed by atoms with Crippen molar-refractivity contribution in [1.29, 1.82) is 0 Å². The number of hydrogen-bond donors (Lipinski definition) is 0. The molecule has 3 heteroatoms. The Hall–Kier alpha value is -0.900. The Morgan fingerprint density at radius 2 is 1.05 bits per heavy atom. The monoisotopic (exact) mass is 304 g/mol. The van der Waals surface area contributed by atoms with Crippen LogP contribution in [0.15, 0.2) is 22.9 Å². The van der Waals surface area contributed by atoms with Crippen molar-refractivity contribution in [3.63, 3.8) is 0 Å². The van der Waals surface area contributed by atoms with Crippen LogP contribution < -0.4 is 0 Å². The Kier molecular flexibility index (Phi) is 3.37. The zero-order valence-electron chi connectivity index (χ0n) is 11.5. The topological polar surface area (TPSA) is 0 Å². The van der Waals surface area contributed by atoms with E-state index >= 15 is 0 Å². The largest absolute Gasteiger partial charge is 0.151 e. The van der Waals surface area contributed by atoms with Crippen molar-refractivity contribution < 1.29 is 0 Å². The normalized spacial score (nSPS) is 11.2. The van der Waals surface area contributed by atoms with Gasteiger partial charge in [0.25, 0.3) is 0 Å². The van der Waals surface area contributed by atoms with Gasteiger partial charge in [0.05, 0.1) is 0 Å². The van der Waals surface area contributed by atoms with Crippen molar-refractivity contribution in [2.75, 3.05) is 0 Å². The van der Waals surface area contributed by atoms with Crippen molar-refractivity contribution in [1.82, 2.24) is 0 Å². The molecule has 0 amide bonds. The van der Waals surface area contributed by atoms with Gasteiger partial charge in [-0.1, -0.05) is 0 Å². The number of aryl methyl sites for hydroxylation is 4. The SMILES string of the molecule is Cc1cc(-c2cscc2-c2cc(C)sc2C)c(C)s1. The second-order valence-corrected chi connectivity index (χ2v) is 8.52. The maximum atomic E-state index is 2.32. The van der Waals surface area contributed by atoms with Gasteiger partial charge in [0.2, 0.25) is 0 Å². The number of rotatable bonds is 2. The molecule has 0 aromatic carbocycles. The number of thiophene rings is 3. The molecule has 0 bridgehead atoms. The quantitative estimate of drug-likeness (QED) is 0.511. The number of hydrogen-bond acceptors (Lipinski definition) is 3. The molecule has 0 unspecified atom stereocenters. The summed E-state index contributed by atoms with van der Waals surface area (Å²) in [6, 6.07) is 4.64. The van der Waals surface area contributed by atoms with E-state index in [9.17, 15) is 0 Å². The lowest BCUT2D eigenvalue weighted by atomic mass is 10.00. The van der Waals surface area contributed by atoms with Crippen molar-refractivity contribution >= 4 is 34.0 Å². The lowest BCUT2D eigenvalue weighted by molar-refractivity contribution is 1.56. The van der Waals surface area contributed by atoms with Gasteiger partial charge < -0.3 is 0 Å². The summed E-state index contributed by atoms with van der Waals surface area (Å²) in [7, 11) is 0. The summed E-state index contributed by atoms with van der Waals surface area (Å²) in [5.74, 6) is 0. The van der Waals surface area contributed by atoms with Crippen LogP contribution in [-0.4, -0.2) is 0 Å². The summed E-state index contributed by atoms with van der Waals surface area (Å²) in [6.07, 6.45) is 0.